The first kappa shape index (κ1) is 13.8. The Balaban J connectivity index is 2.08. The standard InChI is InChI=1S/C15H15ClN2S/c1-10-5-3-8-14(11(10)2)18-15(19)17-13-7-4-6-12(16)9-13/h3-9H,1-2H3,(H2,17,18,19). The molecular weight excluding hydrogens is 276 g/mol. The minimum absolute atomic E-state index is 0.552. The predicted octanol–water partition coefficient (Wildman–Crippen LogP) is 4.77. The molecule has 0 saturated carbocycles. The van der Waals surface area contributed by atoms with E-state index in [-0.39, 0.29) is 0 Å². The van der Waals surface area contributed by atoms with Gasteiger partial charge in [0.1, 0.15) is 0 Å². The summed E-state index contributed by atoms with van der Waals surface area (Å²) in [6.45, 7) is 4.15. The zero-order chi connectivity index (χ0) is 13.8. The molecular formula is C15H15ClN2S. The maximum absolute atomic E-state index is 5.93. The Labute approximate surface area is 123 Å². The highest BCUT2D eigenvalue weighted by atomic mass is 35.5. The topological polar surface area (TPSA) is 24.1 Å². The van der Waals surface area contributed by atoms with Crippen molar-refractivity contribution in [1.82, 2.24) is 0 Å². The molecule has 0 amide bonds. The molecule has 2 N–H and O–H groups in total. The Hall–Kier alpha value is -1.58. The predicted molar refractivity (Wildman–Crippen MR) is 87.2 cm³/mol. The number of hydrogen-bond acceptors (Lipinski definition) is 1. The molecule has 0 aromatic heterocycles. The fourth-order valence-corrected chi connectivity index (χ4v) is 2.16. The lowest BCUT2D eigenvalue weighted by Gasteiger charge is -2.13. The second kappa shape index (κ2) is 6.04. The van der Waals surface area contributed by atoms with Crippen molar-refractivity contribution >= 4 is 40.3 Å². The smallest absolute Gasteiger partial charge is 0.175 e. The van der Waals surface area contributed by atoms with Crippen molar-refractivity contribution in [3.8, 4) is 0 Å². The van der Waals surface area contributed by atoms with Crippen LogP contribution < -0.4 is 10.6 Å². The number of rotatable bonds is 2. The molecule has 0 radical (unpaired) electrons. The largest absolute Gasteiger partial charge is 0.332 e. The molecule has 98 valence electrons. The van der Waals surface area contributed by atoms with E-state index in [1.54, 1.807) is 0 Å². The van der Waals surface area contributed by atoms with Crippen LogP contribution in [0.15, 0.2) is 42.5 Å². The molecule has 0 fully saturated rings. The van der Waals surface area contributed by atoms with Crippen molar-refractivity contribution in [3.05, 3.63) is 58.6 Å². The average molecular weight is 291 g/mol. The molecule has 0 saturated heterocycles. The van der Waals surface area contributed by atoms with E-state index in [1.807, 2.05) is 36.4 Å². The summed E-state index contributed by atoms with van der Waals surface area (Å²) in [4.78, 5) is 0. The van der Waals surface area contributed by atoms with Crippen LogP contribution in [0, 0.1) is 13.8 Å². The highest BCUT2D eigenvalue weighted by Crippen LogP contribution is 2.19. The number of thiocarbonyl (C=S) groups is 1. The lowest BCUT2D eigenvalue weighted by molar-refractivity contribution is 1.34. The van der Waals surface area contributed by atoms with Gasteiger partial charge in [-0.25, -0.2) is 0 Å². The lowest BCUT2D eigenvalue weighted by atomic mass is 10.1. The SMILES string of the molecule is Cc1cccc(NC(=S)Nc2cccc(Cl)c2)c1C. The zero-order valence-corrected chi connectivity index (χ0v) is 12.4. The Bertz CT molecular complexity index is 611. The van der Waals surface area contributed by atoms with Crippen LogP contribution in [0.5, 0.6) is 0 Å². The Morgan fingerprint density at radius 1 is 1.05 bits per heavy atom. The molecule has 19 heavy (non-hydrogen) atoms. The maximum Gasteiger partial charge on any atom is 0.175 e. The number of anilines is 2. The van der Waals surface area contributed by atoms with Gasteiger partial charge in [-0.05, 0) is 61.5 Å². The van der Waals surface area contributed by atoms with Gasteiger partial charge < -0.3 is 10.6 Å². The lowest BCUT2D eigenvalue weighted by Crippen LogP contribution is -2.19. The second-order valence-electron chi connectivity index (χ2n) is 4.34. The van der Waals surface area contributed by atoms with Crippen LogP contribution in [-0.4, -0.2) is 5.11 Å². The van der Waals surface area contributed by atoms with Crippen molar-refractivity contribution in [2.45, 2.75) is 13.8 Å². The van der Waals surface area contributed by atoms with Gasteiger partial charge in [-0.2, -0.15) is 0 Å². The maximum atomic E-state index is 5.93. The number of benzene rings is 2. The molecule has 0 spiro atoms. The molecule has 4 heteroatoms. The first-order valence-corrected chi connectivity index (χ1v) is 6.74. The molecule has 0 aliphatic carbocycles. The summed E-state index contributed by atoms with van der Waals surface area (Å²) in [6, 6.07) is 13.6. The van der Waals surface area contributed by atoms with Crippen LogP contribution in [0.4, 0.5) is 11.4 Å². The third kappa shape index (κ3) is 3.69. The third-order valence-electron chi connectivity index (χ3n) is 2.94. The van der Waals surface area contributed by atoms with Crippen LogP contribution in [0.1, 0.15) is 11.1 Å². The Kier molecular flexibility index (Phi) is 4.40. The van der Waals surface area contributed by atoms with Gasteiger partial charge in [0.2, 0.25) is 0 Å². The van der Waals surface area contributed by atoms with Gasteiger partial charge in [-0.3, -0.25) is 0 Å². The van der Waals surface area contributed by atoms with E-state index in [2.05, 4.69) is 30.5 Å². The van der Waals surface area contributed by atoms with Gasteiger partial charge in [-0.15, -0.1) is 0 Å². The molecule has 0 aliphatic heterocycles. The van der Waals surface area contributed by atoms with E-state index >= 15 is 0 Å². The zero-order valence-electron chi connectivity index (χ0n) is 10.8. The van der Waals surface area contributed by atoms with Crippen LogP contribution in [0.25, 0.3) is 0 Å². The summed E-state index contributed by atoms with van der Waals surface area (Å²) in [6.07, 6.45) is 0. The highest BCUT2D eigenvalue weighted by Gasteiger charge is 2.03. The van der Waals surface area contributed by atoms with E-state index in [1.165, 1.54) is 11.1 Å². The van der Waals surface area contributed by atoms with E-state index in [4.69, 9.17) is 23.8 Å². The average Bonchev–Trinajstić information content (AvgIpc) is 2.35. The van der Waals surface area contributed by atoms with Crippen molar-refractivity contribution in [2.75, 3.05) is 10.6 Å². The summed E-state index contributed by atoms with van der Waals surface area (Å²) in [5.41, 5.74) is 4.31. The first-order chi connectivity index (χ1) is 9.06. The van der Waals surface area contributed by atoms with Crippen molar-refractivity contribution in [1.29, 1.82) is 0 Å². The molecule has 0 atom stereocenters. The van der Waals surface area contributed by atoms with Gasteiger partial charge in [0, 0.05) is 16.4 Å². The normalized spacial score (nSPS) is 10.1. The fraction of sp³-hybridized carbons (Fsp3) is 0.133. The van der Waals surface area contributed by atoms with E-state index in [0.717, 1.165) is 11.4 Å². The van der Waals surface area contributed by atoms with Crippen LogP contribution >= 0.6 is 23.8 Å². The summed E-state index contributed by atoms with van der Waals surface area (Å²) in [5, 5.41) is 7.54. The number of aryl methyl sites for hydroxylation is 1. The van der Waals surface area contributed by atoms with Crippen molar-refractivity contribution in [2.24, 2.45) is 0 Å². The number of hydrogen-bond donors (Lipinski definition) is 2. The van der Waals surface area contributed by atoms with Gasteiger partial charge in [-0.1, -0.05) is 29.8 Å². The van der Waals surface area contributed by atoms with Gasteiger partial charge in [0.15, 0.2) is 5.11 Å². The minimum atomic E-state index is 0.552. The molecule has 0 aliphatic rings. The summed E-state index contributed by atoms with van der Waals surface area (Å²) < 4.78 is 0. The molecule has 2 rings (SSSR count). The fourth-order valence-electron chi connectivity index (χ4n) is 1.74. The van der Waals surface area contributed by atoms with Crippen molar-refractivity contribution in [3.63, 3.8) is 0 Å². The molecule has 0 heterocycles. The molecule has 2 aromatic carbocycles. The Morgan fingerprint density at radius 2 is 1.79 bits per heavy atom. The number of halogens is 1. The third-order valence-corrected chi connectivity index (χ3v) is 3.37. The molecule has 2 aromatic rings. The highest BCUT2D eigenvalue weighted by molar-refractivity contribution is 7.80. The quantitative estimate of drug-likeness (QED) is 0.779. The van der Waals surface area contributed by atoms with E-state index in [9.17, 15) is 0 Å². The Morgan fingerprint density at radius 3 is 2.53 bits per heavy atom. The van der Waals surface area contributed by atoms with Gasteiger partial charge in [0.25, 0.3) is 0 Å². The van der Waals surface area contributed by atoms with E-state index in [0.29, 0.717) is 10.1 Å². The second-order valence-corrected chi connectivity index (χ2v) is 5.18. The monoisotopic (exact) mass is 290 g/mol. The molecule has 2 nitrogen and oxygen atoms in total. The molecule has 0 unspecified atom stereocenters. The minimum Gasteiger partial charge on any atom is -0.332 e. The van der Waals surface area contributed by atoms with Gasteiger partial charge in [0.05, 0.1) is 0 Å². The van der Waals surface area contributed by atoms with Crippen molar-refractivity contribution < 1.29 is 0 Å². The number of nitrogens with one attached hydrogen (secondary N) is 2. The summed E-state index contributed by atoms with van der Waals surface area (Å²) >= 11 is 11.2. The van der Waals surface area contributed by atoms with Gasteiger partial charge >= 0.3 is 0 Å². The van der Waals surface area contributed by atoms with E-state index < -0.39 is 0 Å². The first-order valence-electron chi connectivity index (χ1n) is 5.96. The van der Waals surface area contributed by atoms with Crippen LogP contribution in [0.3, 0.4) is 0 Å². The summed E-state index contributed by atoms with van der Waals surface area (Å²) in [5.74, 6) is 0. The summed E-state index contributed by atoms with van der Waals surface area (Å²) in [7, 11) is 0. The molecule has 0 bridgehead atoms. The van der Waals surface area contributed by atoms with Crippen LogP contribution in [0.2, 0.25) is 5.02 Å². The van der Waals surface area contributed by atoms with Crippen LogP contribution in [-0.2, 0) is 0 Å².